The van der Waals surface area contributed by atoms with Gasteiger partial charge in [-0.15, -0.1) is 0 Å². The summed E-state index contributed by atoms with van der Waals surface area (Å²) in [5.74, 6) is -0.800. The average molecular weight is 500 g/mol. The Balaban J connectivity index is 1.69. The van der Waals surface area contributed by atoms with E-state index in [1.807, 2.05) is 6.92 Å². The predicted octanol–water partition coefficient (Wildman–Crippen LogP) is 2.42. The summed E-state index contributed by atoms with van der Waals surface area (Å²) in [6, 6.07) is 2.78. The van der Waals surface area contributed by atoms with E-state index >= 15 is 0 Å². The highest BCUT2D eigenvalue weighted by Gasteiger charge is 2.34. The quantitative estimate of drug-likeness (QED) is 0.502. The molecule has 33 heavy (non-hydrogen) atoms. The lowest BCUT2D eigenvalue weighted by atomic mass is 9.86. The molecular weight excluding hydrogens is 473 g/mol. The maximum absolute atomic E-state index is 13.1. The maximum atomic E-state index is 13.1. The Morgan fingerprint density at radius 2 is 2.18 bits per heavy atom. The summed E-state index contributed by atoms with van der Waals surface area (Å²) in [6.45, 7) is 5.36. The molecule has 1 amide bonds. The zero-order valence-electron chi connectivity index (χ0n) is 18.5. The topological polar surface area (TPSA) is 128 Å². The molecule has 3 N–H and O–H groups in total. The van der Waals surface area contributed by atoms with Gasteiger partial charge in [0.2, 0.25) is 15.9 Å². The Morgan fingerprint density at radius 1 is 1.45 bits per heavy atom. The van der Waals surface area contributed by atoms with Gasteiger partial charge < -0.3 is 15.4 Å². The van der Waals surface area contributed by atoms with E-state index < -0.39 is 27.3 Å². The monoisotopic (exact) mass is 499 g/mol. The molecule has 1 fully saturated rings. The molecule has 9 nitrogen and oxygen atoms in total. The molecule has 2 aromatic rings. The summed E-state index contributed by atoms with van der Waals surface area (Å²) in [4.78, 5) is 23.4. The number of pyridine rings is 1. The van der Waals surface area contributed by atoms with Crippen LogP contribution in [0, 0.1) is 11.7 Å². The van der Waals surface area contributed by atoms with Crippen LogP contribution in [-0.4, -0.2) is 63.9 Å². The van der Waals surface area contributed by atoms with E-state index in [1.54, 1.807) is 13.8 Å². The van der Waals surface area contributed by atoms with E-state index in [0.717, 1.165) is 17.7 Å². The van der Waals surface area contributed by atoms with E-state index in [-0.39, 0.29) is 36.7 Å². The van der Waals surface area contributed by atoms with Gasteiger partial charge in [-0.2, -0.15) is 4.31 Å². The first-order chi connectivity index (χ1) is 15.4. The summed E-state index contributed by atoms with van der Waals surface area (Å²) in [5, 5.41) is 12.9. The lowest BCUT2D eigenvalue weighted by Gasteiger charge is -2.35. The highest BCUT2D eigenvalue weighted by atomic mass is 35.5. The van der Waals surface area contributed by atoms with Gasteiger partial charge in [0, 0.05) is 25.1 Å². The van der Waals surface area contributed by atoms with Gasteiger partial charge in [-0.3, -0.25) is 4.79 Å². The number of sulfonamides is 1. The van der Waals surface area contributed by atoms with Crippen LogP contribution in [0.5, 0.6) is 0 Å². The van der Waals surface area contributed by atoms with E-state index in [4.69, 9.17) is 11.6 Å². The minimum Gasteiger partial charge on any atom is -0.394 e. The fourth-order valence-electron chi connectivity index (χ4n) is 3.66. The molecule has 2 atom stereocenters. The zero-order chi connectivity index (χ0) is 24.4. The highest BCUT2D eigenvalue weighted by molar-refractivity contribution is 7.92. The molecule has 0 unspecified atom stereocenters. The molecule has 0 spiro atoms. The lowest BCUT2D eigenvalue weighted by Crippen LogP contribution is -2.45. The predicted molar refractivity (Wildman–Crippen MR) is 122 cm³/mol. The first kappa shape index (κ1) is 25.3. The second kappa shape index (κ2) is 9.88. The molecule has 12 heteroatoms. The minimum absolute atomic E-state index is 0.0664. The van der Waals surface area contributed by atoms with Crippen molar-refractivity contribution >= 4 is 27.5 Å². The van der Waals surface area contributed by atoms with E-state index in [1.165, 1.54) is 16.4 Å². The van der Waals surface area contributed by atoms with E-state index in [2.05, 4.69) is 20.3 Å². The van der Waals surface area contributed by atoms with Gasteiger partial charge in [-0.05, 0) is 38.3 Å². The molecule has 0 aliphatic carbocycles. The van der Waals surface area contributed by atoms with E-state index in [9.17, 15) is 22.7 Å². The third-order valence-electron chi connectivity index (χ3n) is 5.50. The zero-order valence-corrected chi connectivity index (χ0v) is 20.1. The molecule has 3 rings (SSSR count). The summed E-state index contributed by atoms with van der Waals surface area (Å²) >= 11 is 6.35. The standard InChI is InChI=1S/C21H27ClFN5O4S/c1-13-11-28(33(31,32)9-7-17(30)27-21(2,3)12-29)8-6-15(13)18-19(22)26-20(25-18)16-5-4-14(23)10-24-16/h4-5,7,9-10,13,15,29H,6,8,11-12H2,1-3H3,(H,25,26)(H,27,30)/t13-,15+/m0/s1. The number of carbonyl (C=O) groups is 1. The van der Waals surface area contributed by atoms with Gasteiger partial charge in [-0.25, -0.2) is 22.8 Å². The normalized spacial score (nSPS) is 20.3. The Labute approximate surface area is 197 Å². The summed E-state index contributed by atoms with van der Waals surface area (Å²) in [7, 11) is -3.81. The van der Waals surface area contributed by atoms with Crippen molar-refractivity contribution in [1.29, 1.82) is 0 Å². The van der Waals surface area contributed by atoms with Crippen molar-refractivity contribution in [1.82, 2.24) is 24.6 Å². The number of rotatable bonds is 7. The van der Waals surface area contributed by atoms with Crippen molar-refractivity contribution in [2.75, 3.05) is 19.7 Å². The van der Waals surface area contributed by atoms with Gasteiger partial charge in [0.05, 0.1) is 29.4 Å². The number of piperidine rings is 1. The van der Waals surface area contributed by atoms with Crippen LogP contribution in [0.3, 0.4) is 0 Å². The number of aromatic amines is 1. The number of H-pyrrole nitrogens is 1. The van der Waals surface area contributed by atoms with Crippen LogP contribution in [0.15, 0.2) is 29.8 Å². The fourth-order valence-corrected chi connectivity index (χ4v) is 5.21. The molecule has 1 saturated heterocycles. The Kier molecular flexibility index (Phi) is 7.57. The third kappa shape index (κ3) is 6.17. The average Bonchev–Trinajstić information content (AvgIpc) is 3.14. The number of hydrogen-bond donors (Lipinski definition) is 3. The highest BCUT2D eigenvalue weighted by Crippen LogP contribution is 2.37. The van der Waals surface area contributed by atoms with Crippen molar-refractivity contribution in [2.45, 2.75) is 38.6 Å². The Bertz CT molecular complexity index is 1130. The van der Waals surface area contributed by atoms with Crippen LogP contribution in [0.4, 0.5) is 4.39 Å². The molecule has 0 aromatic carbocycles. The molecule has 180 valence electrons. The van der Waals surface area contributed by atoms with Crippen molar-refractivity contribution < 1.29 is 22.7 Å². The smallest absolute Gasteiger partial charge is 0.245 e. The third-order valence-corrected chi connectivity index (χ3v) is 7.32. The number of amides is 1. The van der Waals surface area contributed by atoms with Gasteiger partial charge in [0.1, 0.15) is 11.5 Å². The largest absolute Gasteiger partial charge is 0.394 e. The van der Waals surface area contributed by atoms with Crippen molar-refractivity contribution in [3.63, 3.8) is 0 Å². The second-order valence-corrected chi connectivity index (χ2v) is 10.9. The SMILES string of the molecule is C[C@H]1CN(S(=O)(=O)C=CC(=O)NC(C)(C)CO)CC[C@H]1c1[nH]c(-c2ccc(F)cn2)nc1Cl. The number of aliphatic hydroxyl groups is 1. The number of aromatic nitrogens is 3. The number of carbonyl (C=O) groups excluding carboxylic acids is 1. The number of hydrogen-bond acceptors (Lipinski definition) is 6. The van der Waals surface area contributed by atoms with Gasteiger partial charge in [0.25, 0.3) is 0 Å². The van der Waals surface area contributed by atoms with Crippen LogP contribution in [0.25, 0.3) is 11.5 Å². The molecular formula is C21H27ClFN5O4S. The number of imidazole rings is 1. The Morgan fingerprint density at radius 3 is 2.79 bits per heavy atom. The maximum Gasteiger partial charge on any atom is 0.245 e. The van der Waals surface area contributed by atoms with Gasteiger partial charge in [0.15, 0.2) is 11.0 Å². The summed E-state index contributed by atoms with van der Waals surface area (Å²) in [6.07, 6.45) is 2.55. The fraction of sp³-hybridized carbons (Fsp3) is 0.476. The molecule has 0 radical (unpaired) electrons. The van der Waals surface area contributed by atoms with Crippen LogP contribution in [0.2, 0.25) is 5.15 Å². The van der Waals surface area contributed by atoms with E-state index in [0.29, 0.717) is 23.6 Å². The van der Waals surface area contributed by atoms with Crippen molar-refractivity contribution in [3.05, 3.63) is 46.5 Å². The number of nitrogens with zero attached hydrogens (tertiary/aromatic N) is 3. The molecule has 1 aliphatic heterocycles. The molecule has 0 bridgehead atoms. The van der Waals surface area contributed by atoms with Gasteiger partial charge in [-0.1, -0.05) is 18.5 Å². The molecule has 3 heterocycles. The van der Waals surface area contributed by atoms with Crippen LogP contribution in [-0.2, 0) is 14.8 Å². The first-order valence-electron chi connectivity index (χ1n) is 10.4. The molecule has 1 aliphatic rings. The molecule has 0 saturated carbocycles. The van der Waals surface area contributed by atoms with Crippen molar-refractivity contribution in [2.24, 2.45) is 5.92 Å². The lowest BCUT2D eigenvalue weighted by molar-refractivity contribution is -0.118. The van der Waals surface area contributed by atoms with Crippen molar-refractivity contribution in [3.8, 4) is 11.5 Å². The van der Waals surface area contributed by atoms with Crippen LogP contribution in [0.1, 0.15) is 38.8 Å². The second-order valence-electron chi connectivity index (χ2n) is 8.76. The summed E-state index contributed by atoms with van der Waals surface area (Å²) in [5.41, 5.74) is 0.275. The summed E-state index contributed by atoms with van der Waals surface area (Å²) < 4.78 is 39.9. The number of nitrogens with one attached hydrogen (secondary N) is 2. The first-order valence-corrected chi connectivity index (χ1v) is 12.3. The molecule has 2 aromatic heterocycles. The van der Waals surface area contributed by atoms with Crippen LogP contribution >= 0.6 is 11.6 Å². The van der Waals surface area contributed by atoms with Crippen LogP contribution < -0.4 is 5.32 Å². The minimum atomic E-state index is -3.81. The number of aliphatic hydroxyl groups excluding tert-OH is 1. The van der Waals surface area contributed by atoms with Gasteiger partial charge >= 0.3 is 0 Å². The Hall–Kier alpha value is -2.34. The number of halogens is 2.